The molecule has 0 atom stereocenters. The second kappa shape index (κ2) is 6.09. The molecular weight excluding hydrogens is 234 g/mol. The Labute approximate surface area is 116 Å². The lowest BCUT2D eigenvalue weighted by atomic mass is 9.89. The third-order valence-corrected chi connectivity index (χ3v) is 4.11. The van der Waals surface area contributed by atoms with Gasteiger partial charge in [0.15, 0.2) is 0 Å². The minimum absolute atomic E-state index is 0.158. The first-order valence-electron chi connectivity index (χ1n) is 7.24. The van der Waals surface area contributed by atoms with E-state index in [4.69, 9.17) is 11.1 Å². The second-order valence-corrected chi connectivity index (χ2v) is 5.82. The van der Waals surface area contributed by atoms with E-state index in [-0.39, 0.29) is 5.84 Å². The van der Waals surface area contributed by atoms with Crippen LogP contribution in [0.1, 0.15) is 43.2 Å². The lowest BCUT2D eigenvalue weighted by molar-refractivity contribution is 0.362. The predicted molar refractivity (Wildman–Crippen MR) is 82.0 cm³/mol. The second-order valence-electron chi connectivity index (χ2n) is 5.82. The highest BCUT2D eigenvalue weighted by atomic mass is 15.1. The quantitative estimate of drug-likeness (QED) is 0.644. The zero-order valence-corrected chi connectivity index (χ0v) is 12.1. The third kappa shape index (κ3) is 3.49. The van der Waals surface area contributed by atoms with Crippen LogP contribution in [0.5, 0.6) is 0 Å². The average Bonchev–Trinajstić information content (AvgIpc) is 2.39. The van der Waals surface area contributed by atoms with Crippen molar-refractivity contribution in [2.45, 2.75) is 39.0 Å². The molecule has 0 bridgehead atoms. The molecular formula is C16H25N3. The summed E-state index contributed by atoms with van der Waals surface area (Å²) < 4.78 is 0. The van der Waals surface area contributed by atoms with Crippen LogP contribution in [0.2, 0.25) is 0 Å². The Hall–Kier alpha value is -1.51. The van der Waals surface area contributed by atoms with Crippen molar-refractivity contribution in [3.63, 3.8) is 0 Å². The molecule has 0 spiro atoms. The van der Waals surface area contributed by atoms with Gasteiger partial charge >= 0.3 is 0 Å². The Balaban J connectivity index is 2.14. The smallest absolute Gasteiger partial charge is 0.124 e. The van der Waals surface area contributed by atoms with Crippen LogP contribution in [0.4, 0.5) is 5.69 Å². The molecule has 3 nitrogen and oxygen atoms in total. The number of nitrogens with two attached hydrogens (primary N) is 1. The zero-order valence-electron chi connectivity index (χ0n) is 12.1. The zero-order chi connectivity index (χ0) is 13.8. The van der Waals surface area contributed by atoms with Crippen LogP contribution >= 0.6 is 0 Å². The summed E-state index contributed by atoms with van der Waals surface area (Å²) in [5, 5.41) is 7.71. The summed E-state index contributed by atoms with van der Waals surface area (Å²) in [7, 11) is 2.12. The first-order valence-corrected chi connectivity index (χ1v) is 7.24. The monoisotopic (exact) mass is 259 g/mol. The minimum Gasteiger partial charge on any atom is -0.384 e. The highest BCUT2D eigenvalue weighted by Crippen LogP contribution is 2.27. The van der Waals surface area contributed by atoms with E-state index in [9.17, 15) is 0 Å². The van der Waals surface area contributed by atoms with Gasteiger partial charge in [0.2, 0.25) is 0 Å². The van der Waals surface area contributed by atoms with Crippen LogP contribution in [0.15, 0.2) is 18.2 Å². The molecule has 0 aromatic heterocycles. The molecule has 0 saturated heterocycles. The fourth-order valence-corrected chi connectivity index (χ4v) is 3.04. The molecule has 0 radical (unpaired) electrons. The van der Waals surface area contributed by atoms with Crippen LogP contribution in [-0.4, -0.2) is 19.4 Å². The van der Waals surface area contributed by atoms with E-state index in [1.165, 1.54) is 37.7 Å². The van der Waals surface area contributed by atoms with Crippen molar-refractivity contribution in [1.82, 2.24) is 0 Å². The topological polar surface area (TPSA) is 53.1 Å². The van der Waals surface area contributed by atoms with Crippen LogP contribution in [0.3, 0.4) is 0 Å². The van der Waals surface area contributed by atoms with Gasteiger partial charge in [-0.05, 0) is 43.4 Å². The molecule has 3 N–H and O–H groups in total. The van der Waals surface area contributed by atoms with Crippen LogP contribution < -0.4 is 10.6 Å². The molecule has 0 heterocycles. The van der Waals surface area contributed by atoms with Gasteiger partial charge in [-0.25, -0.2) is 0 Å². The average molecular weight is 259 g/mol. The molecule has 1 aromatic carbocycles. The van der Waals surface area contributed by atoms with Gasteiger partial charge in [0.05, 0.1) is 0 Å². The van der Waals surface area contributed by atoms with E-state index in [0.29, 0.717) is 0 Å². The standard InChI is InChI=1S/C16H25N3/c1-12-8-9-14(16(17)18)15(10-12)19(2)11-13-6-4-3-5-7-13/h8-10,13H,3-7,11H2,1-2H3,(H3,17,18). The third-order valence-electron chi connectivity index (χ3n) is 4.11. The Kier molecular flexibility index (Phi) is 4.46. The summed E-state index contributed by atoms with van der Waals surface area (Å²) in [4.78, 5) is 2.28. The van der Waals surface area contributed by atoms with Crippen molar-refractivity contribution in [3.05, 3.63) is 29.3 Å². The number of nitrogens with zero attached hydrogens (tertiary/aromatic N) is 1. The molecule has 104 valence electrons. The van der Waals surface area contributed by atoms with Gasteiger partial charge in [0, 0.05) is 24.8 Å². The fourth-order valence-electron chi connectivity index (χ4n) is 3.04. The van der Waals surface area contributed by atoms with E-state index < -0.39 is 0 Å². The maximum Gasteiger partial charge on any atom is 0.124 e. The van der Waals surface area contributed by atoms with Gasteiger partial charge in [0.1, 0.15) is 5.84 Å². The van der Waals surface area contributed by atoms with Crippen LogP contribution in [0.25, 0.3) is 0 Å². The number of benzene rings is 1. The summed E-state index contributed by atoms with van der Waals surface area (Å²) in [6, 6.07) is 6.12. The van der Waals surface area contributed by atoms with Gasteiger partial charge in [0.25, 0.3) is 0 Å². The maximum absolute atomic E-state index is 7.71. The van der Waals surface area contributed by atoms with Crippen molar-refractivity contribution in [3.8, 4) is 0 Å². The molecule has 1 aliphatic carbocycles. The summed E-state index contributed by atoms with van der Waals surface area (Å²) in [5.41, 5.74) is 8.86. The van der Waals surface area contributed by atoms with E-state index in [2.05, 4.69) is 24.9 Å². The molecule has 1 aliphatic rings. The molecule has 3 heteroatoms. The molecule has 0 amide bonds. The number of nitrogen functional groups attached to an aromatic ring is 1. The lowest BCUT2D eigenvalue weighted by Crippen LogP contribution is -2.29. The highest BCUT2D eigenvalue weighted by Gasteiger charge is 2.17. The minimum atomic E-state index is 0.158. The summed E-state index contributed by atoms with van der Waals surface area (Å²) in [6.45, 7) is 3.16. The number of amidine groups is 1. The van der Waals surface area contributed by atoms with Crippen LogP contribution in [0, 0.1) is 18.3 Å². The summed E-state index contributed by atoms with van der Waals surface area (Å²) in [5.74, 6) is 0.949. The first-order chi connectivity index (χ1) is 9.08. The SMILES string of the molecule is Cc1ccc(C(=N)N)c(N(C)CC2CCCCC2)c1. The Morgan fingerprint density at radius 1 is 1.32 bits per heavy atom. The van der Waals surface area contributed by atoms with Crippen molar-refractivity contribution in [2.75, 3.05) is 18.5 Å². The number of hydrogen-bond acceptors (Lipinski definition) is 2. The molecule has 1 aromatic rings. The lowest BCUT2D eigenvalue weighted by Gasteiger charge is -2.29. The molecule has 1 saturated carbocycles. The van der Waals surface area contributed by atoms with Gasteiger partial charge in [-0.2, -0.15) is 0 Å². The number of anilines is 1. The van der Waals surface area contributed by atoms with E-state index in [1.807, 2.05) is 12.1 Å². The fraction of sp³-hybridized carbons (Fsp3) is 0.562. The summed E-state index contributed by atoms with van der Waals surface area (Å²) in [6.07, 6.45) is 6.80. The molecule has 0 unspecified atom stereocenters. The van der Waals surface area contributed by atoms with Crippen molar-refractivity contribution in [2.24, 2.45) is 11.7 Å². The number of hydrogen-bond donors (Lipinski definition) is 2. The Morgan fingerprint density at radius 3 is 2.63 bits per heavy atom. The Morgan fingerprint density at radius 2 is 2.00 bits per heavy atom. The molecule has 2 rings (SSSR count). The molecule has 1 fully saturated rings. The number of rotatable bonds is 4. The molecule has 19 heavy (non-hydrogen) atoms. The predicted octanol–water partition coefficient (Wildman–Crippen LogP) is 3.30. The van der Waals surface area contributed by atoms with Crippen molar-refractivity contribution >= 4 is 11.5 Å². The number of aryl methyl sites for hydroxylation is 1. The van der Waals surface area contributed by atoms with Crippen molar-refractivity contribution in [1.29, 1.82) is 5.41 Å². The van der Waals surface area contributed by atoms with Crippen molar-refractivity contribution < 1.29 is 0 Å². The Bertz CT molecular complexity index is 447. The van der Waals surface area contributed by atoms with Gasteiger partial charge in [-0.3, -0.25) is 5.41 Å². The van der Waals surface area contributed by atoms with Gasteiger partial charge in [-0.15, -0.1) is 0 Å². The maximum atomic E-state index is 7.71. The van der Waals surface area contributed by atoms with Gasteiger partial charge < -0.3 is 10.6 Å². The van der Waals surface area contributed by atoms with E-state index >= 15 is 0 Å². The van der Waals surface area contributed by atoms with E-state index in [0.717, 1.165) is 23.7 Å². The summed E-state index contributed by atoms with van der Waals surface area (Å²) >= 11 is 0. The van der Waals surface area contributed by atoms with Crippen LogP contribution in [-0.2, 0) is 0 Å². The normalized spacial score (nSPS) is 16.3. The highest BCUT2D eigenvalue weighted by molar-refractivity contribution is 6.00. The van der Waals surface area contributed by atoms with E-state index in [1.54, 1.807) is 0 Å². The molecule has 0 aliphatic heterocycles. The first kappa shape index (κ1) is 13.9. The van der Waals surface area contributed by atoms with Gasteiger partial charge in [-0.1, -0.05) is 25.3 Å². The number of nitrogens with one attached hydrogen (secondary N) is 1. The largest absolute Gasteiger partial charge is 0.384 e.